The molecule has 0 spiro atoms. The third-order valence-corrected chi connectivity index (χ3v) is 4.96. The van der Waals surface area contributed by atoms with Gasteiger partial charge in [0.2, 0.25) is 0 Å². The molecule has 0 aromatic heterocycles. The molecule has 1 aromatic carbocycles. The van der Waals surface area contributed by atoms with E-state index in [0.717, 1.165) is 5.92 Å². The van der Waals surface area contributed by atoms with Crippen LogP contribution in [0.3, 0.4) is 0 Å². The highest BCUT2D eigenvalue weighted by Gasteiger charge is 2.21. The number of nitrogens with two attached hydrogens (primary N) is 1. The van der Waals surface area contributed by atoms with Gasteiger partial charge in [-0.1, -0.05) is 19.1 Å². The molecule has 1 aliphatic rings. The topological polar surface area (TPSA) is 29.3 Å². The average Bonchev–Trinajstić information content (AvgIpc) is 2.66. The third-order valence-electron chi connectivity index (χ3n) is 4.22. The van der Waals surface area contributed by atoms with Crippen molar-refractivity contribution in [1.29, 1.82) is 0 Å². The Morgan fingerprint density at radius 2 is 2.00 bits per heavy atom. The van der Waals surface area contributed by atoms with Crippen LogP contribution in [0.5, 0.6) is 0 Å². The molecule has 1 saturated heterocycles. The van der Waals surface area contributed by atoms with Crippen molar-refractivity contribution >= 4 is 11.8 Å². The maximum atomic E-state index is 6.04. The van der Waals surface area contributed by atoms with Crippen LogP contribution in [0.1, 0.15) is 37.8 Å². The summed E-state index contributed by atoms with van der Waals surface area (Å²) < 4.78 is 0. The quantitative estimate of drug-likeness (QED) is 0.854. The number of likely N-dealkylation sites (tertiary alicyclic amines) is 1. The highest BCUT2D eigenvalue weighted by atomic mass is 32.2. The first-order chi connectivity index (χ1) is 9.24. The van der Waals surface area contributed by atoms with Gasteiger partial charge in [-0.2, -0.15) is 0 Å². The molecule has 0 saturated carbocycles. The van der Waals surface area contributed by atoms with Crippen LogP contribution in [0.2, 0.25) is 0 Å². The van der Waals surface area contributed by atoms with Gasteiger partial charge in [-0.3, -0.25) is 4.90 Å². The Balaban J connectivity index is 2.09. The molecular formula is C16H26N2S. The molecule has 1 aliphatic heterocycles. The van der Waals surface area contributed by atoms with E-state index in [-0.39, 0.29) is 0 Å². The van der Waals surface area contributed by atoms with Gasteiger partial charge in [0.05, 0.1) is 0 Å². The van der Waals surface area contributed by atoms with Gasteiger partial charge < -0.3 is 5.73 Å². The predicted octanol–water partition coefficient (Wildman–Crippen LogP) is 3.53. The molecule has 1 fully saturated rings. The second kappa shape index (κ2) is 7.32. The van der Waals surface area contributed by atoms with Gasteiger partial charge in [0, 0.05) is 17.5 Å². The molecule has 0 radical (unpaired) electrons. The van der Waals surface area contributed by atoms with Crippen LogP contribution in [0.4, 0.5) is 0 Å². The molecule has 1 heterocycles. The molecule has 1 aromatic rings. The maximum Gasteiger partial charge on any atom is 0.0470 e. The first-order valence-corrected chi connectivity index (χ1v) is 8.55. The molecule has 0 bridgehead atoms. The third kappa shape index (κ3) is 3.98. The van der Waals surface area contributed by atoms with Gasteiger partial charge in [0.1, 0.15) is 0 Å². The van der Waals surface area contributed by atoms with Crippen molar-refractivity contribution in [2.24, 2.45) is 11.7 Å². The largest absolute Gasteiger partial charge is 0.329 e. The Kier molecular flexibility index (Phi) is 5.74. The Bertz CT molecular complexity index is 377. The normalized spacial score (nSPS) is 23.0. The van der Waals surface area contributed by atoms with Crippen molar-refractivity contribution in [3.63, 3.8) is 0 Å². The SMILES string of the molecule is CSc1ccc(C(CN)N2CCCC(C)CC2)cc1. The van der Waals surface area contributed by atoms with Gasteiger partial charge in [-0.15, -0.1) is 11.8 Å². The lowest BCUT2D eigenvalue weighted by molar-refractivity contribution is 0.207. The summed E-state index contributed by atoms with van der Waals surface area (Å²) >= 11 is 1.79. The van der Waals surface area contributed by atoms with Crippen LogP contribution in [0.25, 0.3) is 0 Å². The smallest absolute Gasteiger partial charge is 0.0470 e. The number of nitrogens with zero attached hydrogens (tertiary/aromatic N) is 1. The lowest BCUT2D eigenvalue weighted by atomic mass is 10.0. The Morgan fingerprint density at radius 1 is 1.26 bits per heavy atom. The van der Waals surface area contributed by atoms with Gasteiger partial charge in [0.15, 0.2) is 0 Å². The van der Waals surface area contributed by atoms with Gasteiger partial charge >= 0.3 is 0 Å². The Morgan fingerprint density at radius 3 is 2.63 bits per heavy atom. The summed E-state index contributed by atoms with van der Waals surface area (Å²) in [6.45, 7) is 5.46. The first-order valence-electron chi connectivity index (χ1n) is 7.32. The molecule has 2 rings (SSSR count). The molecule has 106 valence electrons. The second-order valence-corrected chi connectivity index (χ2v) is 6.48. The Hall–Kier alpha value is -0.510. The van der Waals surface area contributed by atoms with E-state index in [0.29, 0.717) is 12.6 Å². The molecule has 19 heavy (non-hydrogen) atoms. The summed E-state index contributed by atoms with van der Waals surface area (Å²) in [5.74, 6) is 0.863. The highest BCUT2D eigenvalue weighted by Crippen LogP contribution is 2.26. The minimum Gasteiger partial charge on any atom is -0.329 e. The molecule has 3 heteroatoms. The van der Waals surface area contributed by atoms with Crippen LogP contribution in [0.15, 0.2) is 29.2 Å². The number of rotatable bonds is 4. The molecule has 0 aliphatic carbocycles. The highest BCUT2D eigenvalue weighted by molar-refractivity contribution is 7.98. The second-order valence-electron chi connectivity index (χ2n) is 5.60. The van der Waals surface area contributed by atoms with Gasteiger partial charge in [-0.25, -0.2) is 0 Å². The maximum absolute atomic E-state index is 6.04. The fraction of sp³-hybridized carbons (Fsp3) is 0.625. The molecule has 0 amide bonds. The lowest BCUT2D eigenvalue weighted by Crippen LogP contribution is -2.34. The zero-order valence-electron chi connectivity index (χ0n) is 12.1. The lowest BCUT2D eigenvalue weighted by Gasteiger charge is -2.30. The molecular weight excluding hydrogens is 252 g/mol. The first kappa shape index (κ1) is 14.9. The fourth-order valence-electron chi connectivity index (χ4n) is 2.92. The van der Waals surface area contributed by atoms with Crippen LogP contribution >= 0.6 is 11.8 Å². The van der Waals surface area contributed by atoms with E-state index >= 15 is 0 Å². The summed E-state index contributed by atoms with van der Waals surface area (Å²) in [5.41, 5.74) is 7.42. The zero-order chi connectivity index (χ0) is 13.7. The van der Waals surface area contributed by atoms with Crippen LogP contribution in [0, 0.1) is 5.92 Å². The van der Waals surface area contributed by atoms with Gasteiger partial charge in [-0.05, 0) is 62.2 Å². The average molecular weight is 278 g/mol. The summed E-state index contributed by atoms with van der Waals surface area (Å²) in [5, 5.41) is 0. The van der Waals surface area contributed by atoms with E-state index in [4.69, 9.17) is 5.73 Å². The number of benzene rings is 1. The predicted molar refractivity (Wildman–Crippen MR) is 84.6 cm³/mol. The standard InChI is InChI=1S/C16H26N2S/c1-13-4-3-10-18(11-9-13)16(12-17)14-5-7-15(19-2)8-6-14/h5-8,13,16H,3-4,9-12,17H2,1-2H3. The summed E-state index contributed by atoms with van der Waals surface area (Å²) in [4.78, 5) is 3.90. The van der Waals surface area contributed by atoms with E-state index in [2.05, 4.69) is 42.3 Å². The molecule has 2 nitrogen and oxygen atoms in total. The minimum absolute atomic E-state index is 0.390. The van der Waals surface area contributed by atoms with Crippen LogP contribution in [-0.2, 0) is 0 Å². The summed E-state index contributed by atoms with van der Waals surface area (Å²) in [6, 6.07) is 9.31. The van der Waals surface area contributed by atoms with Gasteiger partial charge in [0.25, 0.3) is 0 Å². The minimum atomic E-state index is 0.390. The van der Waals surface area contributed by atoms with E-state index < -0.39 is 0 Å². The van der Waals surface area contributed by atoms with Crippen molar-refractivity contribution in [3.05, 3.63) is 29.8 Å². The summed E-state index contributed by atoms with van der Waals surface area (Å²) in [6.07, 6.45) is 6.09. The molecule has 2 N–H and O–H groups in total. The number of hydrogen-bond acceptors (Lipinski definition) is 3. The van der Waals surface area contributed by atoms with Crippen molar-refractivity contribution in [2.45, 2.75) is 37.1 Å². The fourth-order valence-corrected chi connectivity index (χ4v) is 3.33. The molecule has 2 atom stereocenters. The number of thioether (sulfide) groups is 1. The number of hydrogen-bond donors (Lipinski definition) is 1. The van der Waals surface area contributed by atoms with Crippen LogP contribution < -0.4 is 5.73 Å². The van der Waals surface area contributed by atoms with Crippen molar-refractivity contribution in [3.8, 4) is 0 Å². The van der Waals surface area contributed by atoms with Crippen molar-refractivity contribution < 1.29 is 0 Å². The van der Waals surface area contributed by atoms with E-state index in [9.17, 15) is 0 Å². The van der Waals surface area contributed by atoms with E-state index in [1.165, 1.54) is 42.8 Å². The Labute approximate surface area is 121 Å². The van der Waals surface area contributed by atoms with Crippen molar-refractivity contribution in [1.82, 2.24) is 4.90 Å². The van der Waals surface area contributed by atoms with Crippen LogP contribution in [-0.4, -0.2) is 30.8 Å². The monoisotopic (exact) mass is 278 g/mol. The summed E-state index contributed by atoms with van der Waals surface area (Å²) in [7, 11) is 0. The zero-order valence-corrected chi connectivity index (χ0v) is 13.0. The van der Waals surface area contributed by atoms with E-state index in [1.54, 1.807) is 11.8 Å². The van der Waals surface area contributed by atoms with E-state index in [1.807, 2.05) is 0 Å². The van der Waals surface area contributed by atoms with Crippen molar-refractivity contribution in [2.75, 3.05) is 25.9 Å². The molecule has 2 unspecified atom stereocenters.